The zero-order chi connectivity index (χ0) is 45.2. The van der Waals surface area contributed by atoms with E-state index in [0.29, 0.717) is 5.02 Å². The molecule has 0 atom stereocenters. The third-order valence-electron chi connectivity index (χ3n) is 13.3. The van der Waals surface area contributed by atoms with Crippen molar-refractivity contribution in [1.29, 1.82) is 0 Å². The summed E-state index contributed by atoms with van der Waals surface area (Å²) in [4.78, 5) is 4.86. The number of nitrogens with zero attached hydrogens (tertiary/aromatic N) is 2. The van der Waals surface area contributed by atoms with E-state index in [4.69, 9.17) is 11.6 Å². The Bertz CT molecular complexity index is 2960. The van der Waals surface area contributed by atoms with E-state index in [2.05, 4.69) is 242 Å². The molecule has 0 aliphatic heterocycles. The van der Waals surface area contributed by atoms with Crippen molar-refractivity contribution in [3.63, 3.8) is 0 Å². The molecule has 8 aromatic rings. The summed E-state index contributed by atoms with van der Waals surface area (Å²) in [5.41, 5.74) is 16.8. The van der Waals surface area contributed by atoms with E-state index in [1.165, 1.54) is 49.2 Å². The molecule has 0 bridgehead atoms. The third-order valence-corrected chi connectivity index (χ3v) is 14.5. The Morgan fingerprint density at radius 1 is 0.484 bits per heavy atom. The van der Waals surface area contributed by atoms with Crippen molar-refractivity contribution in [1.82, 2.24) is 0 Å². The van der Waals surface area contributed by atoms with Crippen molar-refractivity contribution < 1.29 is 0 Å². The Hall–Kier alpha value is -5.61. The normalized spacial score (nSPS) is 13.9. The fourth-order valence-corrected chi connectivity index (χ4v) is 10.8. The van der Waals surface area contributed by atoms with Gasteiger partial charge in [-0.05, 0) is 135 Å². The summed E-state index contributed by atoms with van der Waals surface area (Å²) in [7, 11) is 0. The topological polar surface area (TPSA) is 6.48 Å². The average Bonchev–Trinajstić information content (AvgIpc) is 3.80. The smallest absolute Gasteiger partial charge is 0.0647 e. The monoisotopic (exact) mass is 876 g/mol. The van der Waals surface area contributed by atoms with Gasteiger partial charge in [0.15, 0.2) is 0 Å². The summed E-state index contributed by atoms with van der Waals surface area (Å²) in [5, 5.41) is 4.29. The van der Waals surface area contributed by atoms with Crippen LogP contribution in [0.15, 0.2) is 163 Å². The van der Waals surface area contributed by atoms with E-state index in [0.717, 1.165) is 52.4 Å². The molecule has 0 radical (unpaired) electrons. The molecule has 1 aliphatic carbocycles. The van der Waals surface area contributed by atoms with Crippen LogP contribution in [-0.2, 0) is 29.1 Å². The number of anilines is 6. The Kier molecular flexibility index (Phi) is 11.2. The quantitative estimate of drug-likeness (QED) is 0.143. The molecule has 2 nitrogen and oxygen atoms in total. The minimum Gasteiger partial charge on any atom is -0.310 e. The minimum atomic E-state index is -0.244. The average molecular weight is 878 g/mol. The summed E-state index contributed by atoms with van der Waals surface area (Å²) in [6.07, 6.45) is 2.20. The van der Waals surface area contributed by atoms with E-state index in [1.54, 1.807) is 0 Å². The first-order valence-electron chi connectivity index (χ1n) is 22.8. The molecule has 1 heterocycles. The molecule has 0 saturated carbocycles. The standard InChI is InChI=1S/C60H61ClN2S/c1-57(2,3)43-24-27-48(28-25-43)62(55-39-64-56-31-42-38-59(7,8)37-41(42)30-53(55)56)50-34-47(61)35-51(36-50)63(49-23-17-22-46(32-49)60(9,10)44-20-15-12-16-21-44)54-29-26-45(58(4,5)6)33-52(54)40-18-13-11-14-19-40/h11-36,39H,37-38H2,1-10H3. The van der Waals surface area contributed by atoms with Crippen molar-refractivity contribution in [2.24, 2.45) is 5.41 Å². The largest absolute Gasteiger partial charge is 0.310 e. The summed E-state index contributed by atoms with van der Waals surface area (Å²) in [6.45, 7) is 23.1. The highest BCUT2D eigenvalue weighted by atomic mass is 35.5. The summed E-state index contributed by atoms with van der Waals surface area (Å²) in [5.74, 6) is 0. The third kappa shape index (κ3) is 8.53. The van der Waals surface area contributed by atoms with Crippen LogP contribution in [0.1, 0.15) is 103 Å². The highest BCUT2D eigenvalue weighted by molar-refractivity contribution is 7.17. The van der Waals surface area contributed by atoms with Crippen LogP contribution in [0.2, 0.25) is 5.02 Å². The van der Waals surface area contributed by atoms with Gasteiger partial charge in [0.05, 0.1) is 11.4 Å². The molecule has 0 amide bonds. The van der Waals surface area contributed by atoms with Gasteiger partial charge in [0.1, 0.15) is 0 Å². The highest BCUT2D eigenvalue weighted by Gasteiger charge is 2.31. The molecule has 7 aromatic carbocycles. The number of hydrogen-bond donors (Lipinski definition) is 0. The molecular formula is C60H61ClN2S. The molecule has 9 rings (SSSR count). The Labute approximate surface area is 391 Å². The number of fused-ring (bicyclic) bond motifs is 2. The Morgan fingerprint density at radius 2 is 1.06 bits per heavy atom. The van der Waals surface area contributed by atoms with Crippen molar-refractivity contribution in [3.05, 3.63) is 202 Å². The lowest BCUT2D eigenvalue weighted by atomic mass is 9.78. The summed E-state index contributed by atoms with van der Waals surface area (Å²) < 4.78 is 1.32. The molecule has 0 N–H and O–H groups in total. The van der Waals surface area contributed by atoms with E-state index in [-0.39, 0.29) is 21.7 Å². The van der Waals surface area contributed by atoms with Crippen molar-refractivity contribution in [2.45, 2.75) is 98.3 Å². The number of hydrogen-bond acceptors (Lipinski definition) is 3. The van der Waals surface area contributed by atoms with E-state index >= 15 is 0 Å². The number of thiophene rings is 1. The van der Waals surface area contributed by atoms with Gasteiger partial charge in [0.2, 0.25) is 0 Å². The predicted molar refractivity (Wildman–Crippen MR) is 279 cm³/mol. The van der Waals surface area contributed by atoms with E-state index < -0.39 is 0 Å². The van der Waals surface area contributed by atoms with Gasteiger partial charge in [-0.2, -0.15) is 0 Å². The van der Waals surface area contributed by atoms with Crippen LogP contribution in [0.5, 0.6) is 0 Å². The van der Waals surface area contributed by atoms with E-state index in [1.807, 2.05) is 11.3 Å². The molecule has 324 valence electrons. The molecule has 1 aromatic heterocycles. The highest BCUT2D eigenvalue weighted by Crippen LogP contribution is 2.50. The zero-order valence-corrected chi connectivity index (χ0v) is 40.8. The molecule has 1 aliphatic rings. The first kappa shape index (κ1) is 43.6. The lowest BCUT2D eigenvalue weighted by molar-refractivity contribution is 0.392. The fraction of sp³-hybridized carbons (Fsp3) is 0.267. The summed E-state index contributed by atoms with van der Waals surface area (Å²) >= 11 is 9.28. The number of rotatable bonds is 9. The van der Waals surface area contributed by atoms with Gasteiger partial charge in [-0.25, -0.2) is 0 Å². The number of benzene rings is 7. The van der Waals surface area contributed by atoms with Crippen molar-refractivity contribution >= 4 is 67.1 Å². The van der Waals surface area contributed by atoms with Gasteiger partial charge in [-0.3, -0.25) is 0 Å². The predicted octanol–water partition coefficient (Wildman–Crippen LogP) is 18.2. The van der Waals surface area contributed by atoms with Gasteiger partial charge in [-0.15, -0.1) is 11.3 Å². The van der Waals surface area contributed by atoms with E-state index in [9.17, 15) is 0 Å². The molecular weight excluding hydrogens is 816 g/mol. The minimum absolute atomic E-state index is 0.0259. The van der Waals surface area contributed by atoms with Crippen molar-refractivity contribution in [3.8, 4) is 11.1 Å². The lowest BCUT2D eigenvalue weighted by Gasteiger charge is -2.33. The van der Waals surface area contributed by atoms with Crippen LogP contribution < -0.4 is 9.80 Å². The molecule has 0 spiro atoms. The van der Waals surface area contributed by atoms with Crippen LogP contribution in [0.3, 0.4) is 0 Å². The van der Waals surface area contributed by atoms with Crippen molar-refractivity contribution in [2.75, 3.05) is 9.80 Å². The zero-order valence-electron chi connectivity index (χ0n) is 39.2. The maximum atomic E-state index is 7.45. The molecule has 0 fully saturated rings. The van der Waals surface area contributed by atoms with Crippen LogP contribution in [0.4, 0.5) is 34.1 Å². The number of halogens is 1. The Morgan fingerprint density at radius 3 is 1.70 bits per heavy atom. The SMILES string of the molecule is CC1(C)Cc2cc3scc(N(c4ccc(C(C)(C)C)cc4)c4cc(Cl)cc(N(c5cccc(C(C)(C)c6ccccc6)c5)c5ccc(C(C)(C)C)cc5-c5ccccc5)c4)c3cc2C1. The van der Waals surface area contributed by atoms with Crippen LogP contribution in [0.25, 0.3) is 21.2 Å². The lowest BCUT2D eigenvalue weighted by Crippen LogP contribution is -2.20. The van der Waals surface area contributed by atoms with Gasteiger partial charge in [-0.1, -0.05) is 172 Å². The maximum Gasteiger partial charge on any atom is 0.0647 e. The van der Waals surface area contributed by atoms with Gasteiger partial charge < -0.3 is 9.80 Å². The second-order valence-electron chi connectivity index (χ2n) is 21.3. The first-order chi connectivity index (χ1) is 30.4. The van der Waals surface area contributed by atoms with Crippen LogP contribution in [-0.4, -0.2) is 0 Å². The van der Waals surface area contributed by atoms with Crippen LogP contribution >= 0.6 is 22.9 Å². The van der Waals surface area contributed by atoms with Gasteiger partial charge in [0.25, 0.3) is 0 Å². The second-order valence-corrected chi connectivity index (χ2v) is 22.6. The first-order valence-corrected chi connectivity index (χ1v) is 24.0. The molecule has 0 saturated heterocycles. The Balaban J connectivity index is 1.29. The van der Waals surface area contributed by atoms with Gasteiger partial charge >= 0.3 is 0 Å². The van der Waals surface area contributed by atoms with Gasteiger partial charge in [0, 0.05) is 54.2 Å². The van der Waals surface area contributed by atoms with Crippen LogP contribution in [0, 0.1) is 5.41 Å². The molecule has 0 unspecified atom stereocenters. The maximum absolute atomic E-state index is 7.45. The molecule has 4 heteroatoms. The summed E-state index contributed by atoms with van der Waals surface area (Å²) in [6, 6.07) is 58.4. The fourth-order valence-electron chi connectivity index (χ4n) is 9.63. The molecule has 64 heavy (non-hydrogen) atoms. The second kappa shape index (κ2) is 16.4.